The number of aromatic nitrogens is 2. The molecular weight excluding hydrogens is 246 g/mol. The number of rotatable bonds is 3. The maximum absolute atomic E-state index is 12.1. The Morgan fingerprint density at radius 3 is 2.79 bits per heavy atom. The minimum absolute atomic E-state index is 0.341. The summed E-state index contributed by atoms with van der Waals surface area (Å²) < 4.78 is 4.64. The first-order chi connectivity index (χ1) is 8.94. The summed E-state index contributed by atoms with van der Waals surface area (Å²) in [4.78, 5) is 30.6. The number of amides is 1. The lowest BCUT2D eigenvalue weighted by atomic mass is 10.0. The van der Waals surface area contributed by atoms with Crippen LogP contribution in [0.1, 0.15) is 24.2 Å². The molecule has 0 saturated heterocycles. The van der Waals surface area contributed by atoms with E-state index < -0.39 is 11.5 Å². The Balaban J connectivity index is 2.22. The molecule has 100 valence electrons. The van der Waals surface area contributed by atoms with Crippen LogP contribution >= 0.6 is 0 Å². The molecule has 1 aromatic heterocycles. The van der Waals surface area contributed by atoms with E-state index in [1.165, 1.54) is 7.11 Å². The number of nitrogens with zero attached hydrogens (tertiary/aromatic N) is 1. The summed E-state index contributed by atoms with van der Waals surface area (Å²) in [6.45, 7) is 3.18. The number of H-pyrrole nitrogens is 1. The number of hydrogen-bond acceptors (Lipinski definition) is 4. The first-order valence-electron chi connectivity index (χ1n) is 5.78. The summed E-state index contributed by atoms with van der Waals surface area (Å²) in [6, 6.07) is 5.09. The van der Waals surface area contributed by atoms with Gasteiger partial charge in [-0.2, -0.15) is 0 Å². The number of imidazole rings is 1. The van der Waals surface area contributed by atoms with Crippen LogP contribution in [0.15, 0.2) is 24.5 Å². The monoisotopic (exact) mass is 261 g/mol. The number of esters is 1. The van der Waals surface area contributed by atoms with E-state index in [4.69, 9.17) is 0 Å². The molecule has 6 heteroatoms. The Labute approximate surface area is 110 Å². The zero-order chi connectivity index (χ0) is 14.0. The fourth-order valence-electron chi connectivity index (χ4n) is 1.74. The van der Waals surface area contributed by atoms with Crippen LogP contribution in [0.2, 0.25) is 0 Å². The van der Waals surface area contributed by atoms with Crippen molar-refractivity contribution in [3.63, 3.8) is 0 Å². The Bertz CT molecular complexity index is 631. The summed E-state index contributed by atoms with van der Waals surface area (Å²) >= 11 is 0. The zero-order valence-corrected chi connectivity index (χ0v) is 11.0. The molecule has 1 aromatic carbocycles. The first-order valence-corrected chi connectivity index (χ1v) is 5.78. The number of benzene rings is 1. The lowest BCUT2D eigenvalue weighted by molar-refractivity contribution is -0.146. The highest BCUT2D eigenvalue weighted by Gasteiger charge is 2.30. The SMILES string of the molecule is COC(=O)C(C)(C)NC(=O)c1ccc2nc[nH]c2c1. The highest BCUT2D eigenvalue weighted by molar-refractivity contribution is 6.00. The number of carbonyl (C=O) groups excluding carboxylic acids is 2. The Kier molecular flexibility index (Phi) is 3.25. The Morgan fingerprint density at radius 1 is 1.37 bits per heavy atom. The quantitative estimate of drug-likeness (QED) is 0.814. The van der Waals surface area contributed by atoms with E-state index in [0.717, 1.165) is 11.0 Å². The van der Waals surface area contributed by atoms with E-state index in [0.29, 0.717) is 5.56 Å². The maximum atomic E-state index is 12.1. The second-order valence-corrected chi connectivity index (χ2v) is 4.71. The molecule has 1 heterocycles. The minimum atomic E-state index is -1.07. The predicted octanol–water partition coefficient (Wildman–Crippen LogP) is 1.24. The van der Waals surface area contributed by atoms with Crippen molar-refractivity contribution in [1.82, 2.24) is 15.3 Å². The molecule has 1 amide bonds. The van der Waals surface area contributed by atoms with Crippen molar-refractivity contribution in [1.29, 1.82) is 0 Å². The number of aromatic amines is 1. The molecule has 0 atom stereocenters. The second-order valence-electron chi connectivity index (χ2n) is 4.71. The van der Waals surface area contributed by atoms with Gasteiger partial charge in [-0.15, -0.1) is 0 Å². The molecule has 0 saturated carbocycles. The third kappa shape index (κ3) is 2.57. The number of carbonyl (C=O) groups is 2. The molecule has 19 heavy (non-hydrogen) atoms. The van der Waals surface area contributed by atoms with E-state index in [-0.39, 0.29) is 5.91 Å². The average Bonchev–Trinajstić information content (AvgIpc) is 2.84. The topological polar surface area (TPSA) is 84.1 Å². The number of ether oxygens (including phenoxy) is 1. The van der Waals surface area contributed by atoms with Crippen molar-refractivity contribution in [3.05, 3.63) is 30.1 Å². The van der Waals surface area contributed by atoms with E-state index in [9.17, 15) is 9.59 Å². The molecule has 0 unspecified atom stereocenters. The van der Waals surface area contributed by atoms with Crippen LogP contribution in [0.3, 0.4) is 0 Å². The minimum Gasteiger partial charge on any atom is -0.467 e. The van der Waals surface area contributed by atoms with Gasteiger partial charge in [-0.05, 0) is 32.0 Å². The number of nitrogens with one attached hydrogen (secondary N) is 2. The Hall–Kier alpha value is -2.37. The molecule has 2 aromatic rings. The molecule has 0 radical (unpaired) electrons. The normalized spacial score (nSPS) is 11.3. The summed E-state index contributed by atoms with van der Waals surface area (Å²) in [5, 5.41) is 2.63. The van der Waals surface area contributed by atoms with Crippen molar-refractivity contribution in [2.24, 2.45) is 0 Å². The van der Waals surface area contributed by atoms with Gasteiger partial charge in [-0.3, -0.25) is 4.79 Å². The zero-order valence-electron chi connectivity index (χ0n) is 11.0. The van der Waals surface area contributed by atoms with Crippen LogP contribution in [-0.2, 0) is 9.53 Å². The lowest BCUT2D eigenvalue weighted by Crippen LogP contribution is -2.50. The Morgan fingerprint density at radius 2 is 2.11 bits per heavy atom. The van der Waals surface area contributed by atoms with Crippen LogP contribution in [0.4, 0.5) is 0 Å². The van der Waals surface area contributed by atoms with Crippen molar-refractivity contribution in [2.75, 3.05) is 7.11 Å². The molecule has 0 aliphatic heterocycles. The van der Waals surface area contributed by atoms with Gasteiger partial charge < -0.3 is 15.0 Å². The molecule has 0 aliphatic rings. The molecule has 0 aliphatic carbocycles. The molecule has 2 N–H and O–H groups in total. The van der Waals surface area contributed by atoms with Gasteiger partial charge in [-0.1, -0.05) is 0 Å². The molecule has 0 spiro atoms. The van der Waals surface area contributed by atoms with Gasteiger partial charge in [-0.25, -0.2) is 9.78 Å². The van der Waals surface area contributed by atoms with Gasteiger partial charge in [0.05, 0.1) is 24.5 Å². The smallest absolute Gasteiger partial charge is 0.330 e. The van der Waals surface area contributed by atoms with Gasteiger partial charge in [0.1, 0.15) is 5.54 Å². The fourth-order valence-corrected chi connectivity index (χ4v) is 1.74. The van der Waals surface area contributed by atoms with Gasteiger partial charge >= 0.3 is 5.97 Å². The largest absolute Gasteiger partial charge is 0.467 e. The summed E-state index contributed by atoms with van der Waals surface area (Å²) in [7, 11) is 1.28. The van der Waals surface area contributed by atoms with Crippen LogP contribution in [0.25, 0.3) is 11.0 Å². The van der Waals surface area contributed by atoms with Crippen LogP contribution in [0.5, 0.6) is 0 Å². The van der Waals surface area contributed by atoms with Gasteiger partial charge in [0.25, 0.3) is 5.91 Å². The highest BCUT2D eigenvalue weighted by Crippen LogP contribution is 2.13. The standard InChI is InChI=1S/C13H15N3O3/c1-13(2,12(18)19-3)16-11(17)8-4-5-9-10(6-8)15-7-14-9/h4-7H,1-3H3,(H,14,15)(H,16,17). The number of fused-ring (bicyclic) bond motifs is 1. The average molecular weight is 261 g/mol. The summed E-state index contributed by atoms with van der Waals surface area (Å²) in [5.74, 6) is -0.838. The number of methoxy groups -OCH3 is 1. The van der Waals surface area contributed by atoms with Crippen molar-refractivity contribution in [3.8, 4) is 0 Å². The lowest BCUT2D eigenvalue weighted by Gasteiger charge is -2.23. The second kappa shape index (κ2) is 4.72. The van der Waals surface area contributed by atoms with Gasteiger partial charge in [0, 0.05) is 5.56 Å². The van der Waals surface area contributed by atoms with Crippen LogP contribution < -0.4 is 5.32 Å². The van der Waals surface area contributed by atoms with Crippen molar-refractivity contribution >= 4 is 22.9 Å². The third-order valence-electron chi connectivity index (χ3n) is 2.80. The molecule has 6 nitrogen and oxygen atoms in total. The molecule has 0 bridgehead atoms. The molecular formula is C13H15N3O3. The van der Waals surface area contributed by atoms with E-state index in [1.807, 2.05) is 0 Å². The van der Waals surface area contributed by atoms with E-state index in [2.05, 4.69) is 20.0 Å². The van der Waals surface area contributed by atoms with Crippen LogP contribution in [0, 0.1) is 0 Å². The highest BCUT2D eigenvalue weighted by atomic mass is 16.5. The predicted molar refractivity (Wildman–Crippen MR) is 69.7 cm³/mol. The van der Waals surface area contributed by atoms with E-state index in [1.54, 1.807) is 38.4 Å². The molecule has 2 rings (SSSR count). The first kappa shape index (κ1) is 13.1. The summed E-state index contributed by atoms with van der Waals surface area (Å²) in [5.41, 5.74) is 0.926. The maximum Gasteiger partial charge on any atom is 0.330 e. The fraction of sp³-hybridized carbons (Fsp3) is 0.308. The van der Waals surface area contributed by atoms with Gasteiger partial charge in [0.15, 0.2) is 0 Å². The van der Waals surface area contributed by atoms with Crippen LogP contribution in [-0.4, -0.2) is 34.5 Å². The van der Waals surface area contributed by atoms with E-state index >= 15 is 0 Å². The number of hydrogen-bond donors (Lipinski definition) is 2. The van der Waals surface area contributed by atoms with Crippen molar-refractivity contribution < 1.29 is 14.3 Å². The molecule has 0 fully saturated rings. The van der Waals surface area contributed by atoms with Gasteiger partial charge in [0.2, 0.25) is 0 Å². The summed E-state index contributed by atoms with van der Waals surface area (Å²) in [6.07, 6.45) is 1.56. The third-order valence-corrected chi connectivity index (χ3v) is 2.80. The van der Waals surface area contributed by atoms with Crippen molar-refractivity contribution in [2.45, 2.75) is 19.4 Å².